The van der Waals surface area contributed by atoms with Crippen LogP contribution < -0.4 is 10.6 Å². The number of aromatic nitrogens is 2. The molecule has 2 rings (SSSR count). The number of carbonyl (C=O) groups is 1. The van der Waals surface area contributed by atoms with E-state index < -0.39 is 6.09 Å². The van der Waals surface area contributed by atoms with Crippen LogP contribution in [0, 0.1) is 6.92 Å². The third-order valence-electron chi connectivity index (χ3n) is 2.92. The van der Waals surface area contributed by atoms with E-state index in [1.54, 1.807) is 6.20 Å². The fourth-order valence-corrected chi connectivity index (χ4v) is 1.90. The van der Waals surface area contributed by atoms with Crippen molar-refractivity contribution in [3.8, 4) is 0 Å². The fourth-order valence-electron chi connectivity index (χ4n) is 1.90. The Morgan fingerprint density at radius 2 is 2.20 bits per heavy atom. The monoisotopic (exact) mass is 274 g/mol. The maximum atomic E-state index is 10.8. The zero-order valence-corrected chi connectivity index (χ0v) is 11.6. The first-order chi connectivity index (χ1) is 9.70. The molecule has 0 aliphatic rings. The molecular formula is C14H18N4O2. The summed E-state index contributed by atoms with van der Waals surface area (Å²) in [5.74, 6) is 0. The zero-order valence-electron chi connectivity index (χ0n) is 11.6. The average molecular weight is 274 g/mol. The number of hydrogen-bond acceptors (Lipinski definition) is 5. The van der Waals surface area contributed by atoms with Gasteiger partial charge >= 0.3 is 6.09 Å². The lowest BCUT2D eigenvalue weighted by Crippen LogP contribution is -2.31. The minimum absolute atomic E-state index is 0.415. The van der Waals surface area contributed by atoms with Gasteiger partial charge in [0, 0.05) is 37.4 Å². The highest BCUT2D eigenvalue weighted by Crippen LogP contribution is 2.14. The lowest BCUT2D eigenvalue weighted by molar-refractivity contribution is 0.171. The molecule has 0 fully saturated rings. The summed E-state index contributed by atoms with van der Waals surface area (Å²) in [5, 5.41) is 6.93. The van der Waals surface area contributed by atoms with Crippen molar-refractivity contribution in [3.05, 3.63) is 35.8 Å². The van der Waals surface area contributed by atoms with Crippen molar-refractivity contribution in [2.24, 2.45) is 0 Å². The van der Waals surface area contributed by atoms with Crippen molar-refractivity contribution in [2.75, 3.05) is 20.2 Å². The topological polar surface area (TPSA) is 76.1 Å². The number of nitrogens with one attached hydrogen (secondary N) is 2. The standard InChI is InChI=1S/C14H18N4O2/c1-10-13-12(3-4-16-10)7-11(9-18-13)8-15-5-6-17-14(19)20-2/h3-4,7,9,15H,5-6,8H2,1-2H3,(H,17,19). The number of pyridine rings is 2. The van der Waals surface area contributed by atoms with Gasteiger partial charge in [0.05, 0.1) is 18.3 Å². The van der Waals surface area contributed by atoms with Gasteiger partial charge in [-0.05, 0) is 24.6 Å². The second-order valence-corrected chi connectivity index (χ2v) is 4.41. The van der Waals surface area contributed by atoms with Gasteiger partial charge in [0.2, 0.25) is 0 Å². The SMILES string of the molecule is COC(=O)NCCNCc1cnc2c(C)nccc2c1. The van der Waals surface area contributed by atoms with Gasteiger partial charge in [0.1, 0.15) is 0 Å². The van der Waals surface area contributed by atoms with Gasteiger partial charge in [-0.25, -0.2) is 4.79 Å². The normalized spacial score (nSPS) is 10.5. The van der Waals surface area contributed by atoms with Crippen LogP contribution in [-0.2, 0) is 11.3 Å². The molecule has 20 heavy (non-hydrogen) atoms. The number of methoxy groups -OCH3 is 1. The molecule has 0 aliphatic carbocycles. The molecule has 0 aromatic carbocycles. The zero-order chi connectivity index (χ0) is 14.4. The molecule has 106 valence electrons. The Labute approximate surface area is 117 Å². The molecule has 0 saturated heterocycles. The maximum Gasteiger partial charge on any atom is 0.406 e. The van der Waals surface area contributed by atoms with E-state index in [-0.39, 0.29) is 0 Å². The Morgan fingerprint density at radius 1 is 1.35 bits per heavy atom. The summed E-state index contributed by atoms with van der Waals surface area (Å²) in [6, 6.07) is 4.05. The Morgan fingerprint density at radius 3 is 3.00 bits per heavy atom. The molecule has 1 amide bonds. The second-order valence-electron chi connectivity index (χ2n) is 4.41. The van der Waals surface area contributed by atoms with Crippen molar-refractivity contribution in [1.82, 2.24) is 20.6 Å². The highest BCUT2D eigenvalue weighted by atomic mass is 16.5. The summed E-state index contributed by atoms with van der Waals surface area (Å²) in [6.07, 6.45) is 3.22. The van der Waals surface area contributed by atoms with Crippen LogP contribution in [0.25, 0.3) is 10.9 Å². The number of carbonyl (C=O) groups excluding carboxylic acids is 1. The number of rotatable bonds is 5. The Balaban J connectivity index is 1.86. The van der Waals surface area contributed by atoms with E-state index in [4.69, 9.17) is 0 Å². The highest BCUT2D eigenvalue weighted by Gasteiger charge is 2.01. The molecule has 0 aliphatic heterocycles. The van der Waals surface area contributed by atoms with Crippen LogP contribution in [-0.4, -0.2) is 36.3 Å². The fraction of sp³-hybridized carbons (Fsp3) is 0.357. The number of ether oxygens (including phenoxy) is 1. The molecule has 0 bridgehead atoms. The van der Waals surface area contributed by atoms with Crippen molar-refractivity contribution >= 4 is 17.0 Å². The lowest BCUT2D eigenvalue weighted by atomic mass is 10.1. The first-order valence-corrected chi connectivity index (χ1v) is 6.43. The van der Waals surface area contributed by atoms with Crippen LogP contribution in [0.4, 0.5) is 4.79 Å². The number of fused-ring (bicyclic) bond motifs is 1. The van der Waals surface area contributed by atoms with E-state index in [0.29, 0.717) is 19.6 Å². The molecule has 6 heteroatoms. The summed E-state index contributed by atoms with van der Waals surface area (Å²) in [7, 11) is 1.35. The van der Waals surface area contributed by atoms with Crippen LogP contribution in [0.5, 0.6) is 0 Å². The Hall–Kier alpha value is -2.21. The van der Waals surface area contributed by atoms with Crippen molar-refractivity contribution in [1.29, 1.82) is 0 Å². The van der Waals surface area contributed by atoms with Gasteiger partial charge in [0.25, 0.3) is 0 Å². The van der Waals surface area contributed by atoms with Crippen LogP contribution >= 0.6 is 0 Å². The average Bonchev–Trinajstić information content (AvgIpc) is 2.46. The van der Waals surface area contributed by atoms with Crippen LogP contribution in [0.2, 0.25) is 0 Å². The van der Waals surface area contributed by atoms with Crippen molar-refractivity contribution < 1.29 is 9.53 Å². The maximum absolute atomic E-state index is 10.8. The first-order valence-electron chi connectivity index (χ1n) is 6.43. The minimum atomic E-state index is -0.415. The lowest BCUT2D eigenvalue weighted by Gasteiger charge is -2.07. The summed E-state index contributed by atoms with van der Waals surface area (Å²) in [5.41, 5.74) is 2.97. The van der Waals surface area contributed by atoms with E-state index in [0.717, 1.165) is 22.2 Å². The van der Waals surface area contributed by atoms with Crippen LogP contribution in [0.15, 0.2) is 24.5 Å². The minimum Gasteiger partial charge on any atom is -0.453 e. The van der Waals surface area contributed by atoms with Crippen LogP contribution in [0.3, 0.4) is 0 Å². The molecule has 0 spiro atoms. The van der Waals surface area contributed by atoms with Crippen LogP contribution in [0.1, 0.15) is 11.3 Å². The molecule has 0 atom stereocenters. The molecule has 0 radical (unpaired) electrons. The van der Waals surface area contributed by atoms with Gasteiger partial charge in [-0.1, -0.05) is 0 Å². The number of nitrogens with zero attached hydrogens (tertiary/aromatic N) is 2. The summed E-state index contributed by atoms with van der Waals surface area (Å²) < 4.78 is 4.48. The van der Waals surface area contributed by atoms with E-state index in [2.05, 4.69) is 31.4 Å². The Bertz CT molecular complexity index is 601. The largest absolute Gasteiger partial charge is 0.453 e. The summed E-state index contributed by atoms with van der Waals surface area (Å²) in [6.45, 7) is 3.85. The van der Waals surface area contributed by atoms with E-state index in [1.165, 1.54) is 7.11 Å². The molecule has 2 aromatic rings. The summed E-state index contributed by atoms with van der Waals surface area (Å²) in [4.78, 5) is 19.5. The third-order valence-corrected chi connectivity index (χ3v) is 2.92. The van der Waals surface area contributed by atoms with E-state index >= 15 is 0 Å². The highest BCUT2D eigenvalue weighted by molar-refractivity contribution is 5.80. The Kier molecular flexibility index (Phi) is 4.84. The number of alkyl carbamates (subject to hydrolysis) is 1. The van der Waals surface area contributed by atoms with Gasteiger partial charge in [0.15, 0.2) is 0 Å². The molecule has 0 unspecified atom stereocenters. The molecule has 6 nitrogen and oxygen atoms in total. The molecule has 2 N–H and O–H groups in total. The smallest absolute Gasteiger partial charge is 0.406 e. The number of aryl methyl sites for hydroxylation is 1. The number of amides is 1. The van der Waals surface area contributed by atoms with Gasteiger partial charge < -0.3 is 15.4 Å². The predicted molar refractivity (Wildman–Crippen MR) is 76.4 cm³/mol. The first kappa shape index (κ1) is 14.2. The summed E-state index contributed by atoms with van der Waals surface area (Å²) >= 11 is 0. The number of hydrogen-bond donors (Lipinski definition) is 2. The molecule has 2 heterocycles. The van der Waals surface area contributed by atoms with E-state index in [1.807, 2.05) is 19.2 Å². The molecule has 0 saturated carbocycles. The quantitative estimate of drug-likeness (QED) is 0.806. The third kappa shape index (κ3) is 3.64. The molecular weight excluding hydrogens is 256 g/mol. The predicted octanol–water partition coefficient (Wildman–Crippen LogP) is 1.38. The van der Waals surface area contributed by atoms with E-state index in [9.17, 15) is 4.79 Å². The second kappa shape index (κ2) is 6.81. The van der Waals surface area contributed by atoms with Gasteiger partial charge in [-0.3, -0.25) is 9.97 Å². The van der Waals surface area contributed by atoms with Crippen molar-refractivity contribution in [3.63, 3.8) is 0 Å². The molecule has 2 aromatic heterocycles. The van der Waals surface area contributed by atoms with Gasteiger partial charge in [-0.2, -0.15) is 0 Å². The van der Waals surface area contributed by atoms with Crippen molar-refractivity contribution in [2.45, 2.75) is 13.5 Å². The van der Waals surface area contributed by atoms with Gasteiger partial charge in [-0.15, -0.1) is 0 Å².